The lowest BCUT2D eigenvalue weighted by Gasteiger charge is -2.23. The summed E-state index contributed by atoms with van der Waals surface area (Å²) in [5.41, 5.74) is 2.20. The molecule has 2 amide bonds. The highest BCUT2D eigenvalue weighted by molar-refractivity contribution is 8.00. The van der Waals surface area contributed by atoms with Crippen LogP contribution in [0.1, 0.15) is 34.0 Å². The van der Waals surface area contributed by atoms with Gasteiger partial charge in [0.25, 0.3) is 5.91 Å². The minimum atomic E-state index is -0.196. The van der Waals surface area contributed by atoms with Crippen LogP contribution in [0, 0.1) is 0 Å². The maximum Gasteiger partial charge on any atom is 0.255 e. The average Bonchev–Trinajstić information content (AvgIpc) is 3.39. The molecule has 1 fully saturated rings. The number of amides is 2. The molecule has 0 spiro atoms. The lowest BCUT2D eigenvalue weighted by atomic mass is 10.1. The van der Waals surface area contributed by atoms with Crippen LogP contribution in [0.4, 0.5) is 5.69 Å². The Morgan fingerprint density at radius 1 is 1.20 bits per heavy atom. The number of ether oxygens (including phenoxy) is 1. The van der Waals surface area contributed by atoms with Crippen LogP contribution in [0.5, 0.6) is 5.75 Å². The molecule has 4 rings (SSSR count). The molecule has 0 saturated carbocycles. The SMILES string of the molecule is CCOc1cccc(NC(=O)c2ccc(C3SCC(=O)N3Cc3ccco3)cc2)c1. The van der Waals surface area contributed by atoms with E-state index in [0.29, 0.717) is 35.9 Å². The number of carbonyl (C=O) groups excluding carboxylic acids is 2. The highest BCUT2D eigenvalue weighted by Gasteiger charge is 2.33. The molecule has 2 aromatic carbocycles. The van der Waals surface area contributed by atoms with Crippen LogP contribution < -0.4 is 10.1 Å². The van der Waals surface area contributed by atoms with Crippen LogP contribution in [0.2, 0.25) is 0 Å². The van der Waals surface area contributed by atoms with Gasteiger partial charge < -0.3 is 19.4 Å². The Hall–Kier alpha value is -3.19. The normalized spacial score (nSPS) is 16.0. The first kappa shape index (κ1) is 20.1. The Morgan fingerprint density at radius 3 is 2.77 bits per heavy atom. The third-order valence-corrected chi connectivity index (χ3v) is 5.99. The van der Waals surface area contributed by atoms with Gasteiger partial charge in [-0.3, -0.25) is 9.59 Å². The van der Waals surface area contributed by atoms with E-state index >= 15 is 0 Å². The van der Waals surface area contributed by atoms with Crippen molar-refractivity contribution in [3.05, 3.63) is 83.8 Å². The summed E-state index contributed by atoms with van der Waals surface area (Å²) >= 11 is 1.58. The van der Waals surface area contributed by atoms with Crippen molar-refractivity contribution in [2.24, 2.45) is 0 Å². The minimum Gasteiger partial charge on any atom is -0.494 e. The van der Waals surface area contributed by atoms with Crippen LogP contribution in [-0.4, -0.2) is 29.1 Å². The number of thioether (sulfide) groups is 1. The molecule has 154 valence electrons. The standard InChI is InChI=1S/C23H22N2O4S/c1-2-28-19-6-3-5-18(13-19)24-22(27)16-8-10-17(11-9-16)23-25(21(26)15-30-23)14-20-7-4-12-29-20/h3-13,23H,2,14-15H2,1H3,(H,24,27). The molecule has 2 heterocycles. The van der Waals surface area contributed by atoms with Gasteiger partial charge in [0.05, 0.1) is 25.2 Å². The summed E-state index contributed by atoms with van der Waals surface area (Å²) in [5, 5.41) is 2.80. The minimum absolute atomic E-state index is 0.0809. The van der Waals surface area contributed by atoms with Gasteiger partial charge in [0.15, 0.2) is 0 Å². The summed E-state index contributed by atoms with van der Waals surface area (Å²) in [7, 11) is 0. The van der Waals surface area contributed by atoms with Crippen molar-refractivity contribution in [2.75, 3.05) is 17.7 Å². The largest absolute Gasteiger partial charge is 0.494 e. The lowest BCUT2D eigenvalue weighted by Crippen LogP contribution is -2.27. The van der Waals surface area contributed by atoms with Crippen molar-refractivity contribution >= 4 is 29.3 Å². The Balaban J connectivity index is 1.45. The first-order valence-corrected chi connectivity index (χ1v) is 10.8. The summed E-state index contributed by atoms with van der Waals surface area (Å²) in [6.45, 7) is 2.91. The van der Waals surface area contributed by atoms with Gasteiger partial charge in [-0.25, -0.2) is 0 Å². The van der Waals surface area contributed by atoms with E-state index in [1.807, 2.05) is 49.4 Å². The molecule has 0 radical (unpaired) electrons. The van der Waals surface area contributed by atoms with E-state index in [-0.39, 0.29) is 17.2 Å². The first-order valence-electron chi connectivity index (χ1n) is 9.71. The molecule has 6 nitrogen and oxygen atoms in total. The first-order chi connectivity index (χ1) is 14.6. The van der Waals surface area contributed by atoms with Crippen molar-refractivity contribution in [2.45, 2.75) is 18.8 Å². The Labute approximate surface area is 179 Å². The quantitative estimate of drug-likeness (QED) is 0.597. The number of hydrogen-bond acceptors (Lipinski definition) is 5. The van der Waals surface area contributed by atoms with Crippen molar-refractivity contribution in [3.63, 3.8) is 0 Å². The van der Waals surface area contributed by atoms with Gasteiger partial charge >= 0.3 is 0 Å². The molecule has 0 bridgehead atoms. The van der Waals surface area contributed by atoms with Gasteiger partial charge in [0.2, 0.25) is 5.91 Å². The van der Waals surface area contributed by atoms with Gasteiger partial charge in [-0.2, -0.15) is 0 Å². The van der Waals surface area contributed by atoms with Crippen LogP contribution in [0.3, 0.4) is 0 Å². The van der Waals surface area contributed by atoms with Crippen LogP contribution in [0.25, 0.3) is 0 Å². The van der Waals surface area contributed by atoms with E-state index in [2.05, 4.69) is 5.32 Å². The topological polar surface area (TPSA) is 71.8 Å². The van der Waals surface area contributed by atoms with Gasteiger partial charge in [-0.05, 0) is 48.9 Å². The monoisotopic (exact) mass is 422 g/mol. The van der Waals surface area contributed by atoms with Gasteiger partial charge in [-0.15, -0.1) is 11.8 Å². The van der Waals surface area contributed by atoms with Crippen molar-refractivity contribution in [1.29, 1.82) is 0 Å². The second-order valence-electron chi connectivity index (χ2n) is 6.80. The highest BCUT2D eigenvalue weighted by Crippen LogP contribution is 2.39. The fraction of sp³-hybridized carbons (Fsp3) is 0.217. The van der Waals surface area contributed by atoms with Crippen LogP contribution in [-0.2, 0) is 11.3 Å². The zero-order valence-electron chi connectivity index (χ0n) is 16.5. The number of furan rings is 1. The summed E-state index contributed by atoms with van der Waals surface area (Å²) in [6, 6.07) is 18.3. The van der Waals surface area contributed by atoms with Gasteiger partial charge in [0.1, 0.15) is 16.9 Å². The number of rotatable bonds is 7. The van der Waals surface area contributed by atoms with E-state index < -0.39 is 0 Å². The number of carbonyl (C=O) groups is 2. The molecule has 1 atom stereocenters. The van der Waals surface area contributed by atoms with E-state index in [4.69, 9.17) is 9.15 Å². The molecule has 7 heteroatoms. The second kappa shape index (κ2) is 9.09. The van der Waals surface area contributed by atoms with E-state index in [1.54, 1.807) is 41.1 Å². The Kier molecular flexibility index (Phi) is 6.09. The highest BCUT2D eigenvalue weighted by atomic mass is 32.2. The lowest BCUT2D eigenvalue weighted by molar-refractivity contribution is -0.128. The molecule has 1 aliphatic rings. The number of nitrogens with zero attached hydrogens (tertiary/aromatic N) is 1. The average molecular weight is 423 g/mol. The zero-order valence-corrected chi connectivity index (χ0v) is 17.4. The summed E-state index contributed by atoms with van der Waals surface area (Å²) < 4.78 is 10.9. The molecular formula is C23H22N2O4S. The molecule has 1 N–H and O–H groups in total. The van der Waals surface area contributed by atoms with Crippen LogP contribution >= 0.6 is 11.8 Å². The number of hydrogen-bond donors (Lipinski definition) is 1. The molecular weight excluding hydrogens is 400 g/mol. The van der Waals surface area contributed by atoms with Crippen molar-refractivity contribution < 1.29 is 18.7 Å². The predicted octanol–water partition coefficient (Wildman–Crippen LogP) is 4.70. The van der Waals surface area contributed by atoms with E-state index in [1.165, 1.54) is 0 Å². The summed E-state index contributed by atoms with van der Waals surface area (Å²) in [5.74, 6) is 1.78. The summed E-state index contributed by atoms with van der Waals surface area (Å²) in [6.07, 6.45) is 1.61. The molecule has 30 heavy (non-hydrogen) atoms. The number of benzene rings is 2. The van der Waals surface area contributed by atoms with E-state index in [9.17, 15) is 9.59 Å². The number of anilines is 1. The maximum atomic E-state index is 12.6. The zero-order chi connectivity index (χ0) is 20.9. The third kappa shape index (κ3) is 4.52. The maximum absolute atomic E-state index is 12.6. The molecule has 3 aromatic rings. The van der Waals surface area contributed by atoms with Crippen molar-refractivity contribution in [1.82, 2.24) is 4.90 Å². The molecule has 1 saturated heterocycles. The molecule has 1 aliphatic heterocycles. The number of nitrogens with one attached hydrogen (secondary N) is 1. The fourth-order valence-electron chi connectivity index (χ4n) is 3.30. The Bertz CT molecular complexity index is 1020. The fourth-order valence-corrected chi connectivity index (χ4v) is 4.49. The molecule has 1 unspecified atom stereocenters. The third-order valence-electron chi connectivity index (χ3n) is 4.74. The van der Waals surface area contributed by atoms with Gasteiger partial charge in [-0.1, -0.05) is 18.2 Å². The van der Waals surface area contributed by atoms with E-state index in [0.717, 1.165) is 11.3 Å². The molecule has 1 aromatic heterocycles. The summed E-state index contributed by atoms with van der Waals surface area (Å²) in [4.78, 5) is 26.7. The Morgan fingerprint density at radius 2 is 2.03 bits per heavy atom. The van der Waals surface area contributed by atoms with Crippen molar-refractivity contribution in [3.8, 4) is 5.75 Å². The molecule has 0 aliphatic carbocycles. The smallest absolute Gasteiger partial charge is 0.255 e. The van der Waals surface area contributed by atoms with Gasteiger partial charge in [0, 0.05) is 17.3 Å². The second-order valence-corrected chi connectivity index (χ2v) is 7.87. The van der Waals surface area contributed by atoms with Crippen LogP contribution in [0.15, 0.2) is 71.3 Å². The predicted molar refractivity (Wildman–Crippen MR) is 116 cm³/mol.